The molecule has 0 saturated heterocycles. The summed E-state index contributed by atoms with van der Waals surface area (Å²) >= 11 is 0. The lowest BCUT2D eigenvalue weighted by Crippen LogP contribution is -2.40. The number of halogens is 2. The van der Waals surface area contributed by atoms with E-state index in [9.17, 15) is 8.78 Å². The molecule has 0 aromatic heterocycles. The Bertz CT molecular complexity index is 334. The smallest absolute Gasteiger partial charge is 0.254 e. The maximum atomic E-state index is 13.2. The van der Waals surface area contributed by atoms with Gasteiger partial charge >= 0.3 is 6.05 Å². The van der Waals surface area contributed by atoms with E-state index in [4.69, 9.17) is 0 Å². The molecule has 1 nitrogen and oxygen atoms in total. The molecule has 0 saturated carbocycles. The highest BCUT2D eigenvalue weighted by Gasteiger charge is 2.35. The van der Waals surface area contributed by atoms with Gasteiger partial charge in [-0.1, -0.05) is 23.8 Å². The van der Waals surface area contributed by atoms with Gasteiger partial charge in [-0.05, 0) is 18.9 Å². The molecule has 1 aromatic carbocycles. The van der Waals surface area contributed by atoms with Crippen LogP contribution < -0.4 is 5.32 Å². The zero-order valence-corrected chi connectivity index (χ0v) is 7.40. The zero-order valence-electron chi connectivity index (χ0n) is 7.40. The van der Waals surface area contributed by atoms with Crippen LogP contribution in [-0.2, 0) is 12.5 Å². The Morgan fingerprint density at radius 1 is 1.38 bits per heavy atom. The standard InChI is InChI=1S/C10H11F2N/c1-7-2-3-9-8(6-7)4-5-13-10(9,11)12/h2-3,6,13H,4-5H2,1H3. The average molecular weight is 183 g/mol. The van der Waals surface area contributed by atoms with Crippen molar-refractivity contribution < 1.29 is 8.78 Å². The van der Waals surface area contributed by atoms with Gasteiger partial charge in [-0.25, -0.2) is 0 Å². The van der Waals surface area contributed by atoms with Gasteiger partial charge in [0, 0.05) is 12.1 Å². The molecule has 0 fully saturated rings. The van der Waals surface area contributed by atoms with Crippen LogP contribution in [-0.4, -0.2) is 6.54 Å². The number of rotatable bonds is 0. The molecule has 0 aliphatic carbocycles. The minimum atomic E-state index is -2.85. The van der Waals surface area contributed by atoms with Gasteiger partial charge in [0.1, 0.15) is 0 Å². The fourth-order valence-electron chi connectivity index (χ4n) is 1.69. The number of hydrogen-bond acceptors (Lipinski definition) is 1. The summed E-state index contributed by atoms with van der Waals surface area (Å²) in [5.41, 5.74) is 1.93. The molecule has 1 aliphatic rings. The van der Waals surface area contributed by atoms with E-state index in [0.29, 0.717) is 13.0 Å². The van der Waals surface area contributed by atoms with Gasteiger partial charge in [-0.3, -0.25) is 5.32 Å². The predicted octanol–water partition coefficient (Wildman–Crippen LogP) is 2.19. The van der Waals surface area contributed by atoms with Crippen LogP contribution in [0.1, 0.15) is 16.7 Å². The Balaban J connectivity index is 2.53. The van der Waals surface area contributed by atoms with Crippen LogP contribution in [0, 0.1) is 6.92 Å². The molecule has 0 bridgehead atoms. The van der Waals surface area contributed by atoms with Crippen molar-refractivity contribution in [3.05, 3.63) is 34.9 Å². The lowest BCUT2D eigenvalue weighted by atomic mass is 9.97. The molecule has 0 spiro atoms. The van der Waals surface area contributed by atoms with Crippen molar-refractivity contribution in [3.63, 3.8) is 0 Å². The molecule has 13 heavy (non-hydrogen) atoms. The molecule has 3 heteroatoms. The van der Waals surface area contributed by atoms with E-state index in [2.05, 4.69) is 5.32 Å². The SMILES string of the molecule is Cc1ccc2c(c1)CCNC2(F)F. The van der Waals surface area contributed by atoms with Crippen LogP contribution in [0.15, 0.2) is 18.2 Å². The van der Waals surface area contributed by atoms with Gasteiger partial charge in [-0.15, -0.1) is 0 Å². The van der Waals surface area contributed by atoms with E-state index in [-0.39, 0.29) is 5.56 Å². The largest absolute Gasteiger partial charge is 0.329 e. The Hall–Kier alpha value is -0.960. The van der Waals surface area contributed by atoms with Crippen molar-refractivity contribution in [3.8, 4) is 0 Å². The normalized spacial score (nSPS) is 19.6. The van der Waals surface area contributed by atoms with E-state index in [1.54, 1.807) is 6.07 Å². The lowest BCUT2D eigenvalue weighted by molar-refractivity contribution is -0.0468. The van der Waals surface area contributed by atoms with E-state index in [0.717, 1.165) is 11.1 Å². The predicted molar refractivity (Wildman–Crippen MR) is 46.8 cm³/mol. The first-order valence-corrected chi connectivity index (χ1v) is 4.32. The third kappa shape index (κ3) is 1.44. The van der Waals surface area contributed by atoms with E-state index in [1.807, 2.05) is 13.0 Å². The summed E-state index contributed by atoms with van der Waals surface area (Å²) in [6.07, 6.45) is 0.687. The molecule has 70 valence electrons. The number of alkyl halides is 2. The molecule has 0 unspecified atom stereocenters. The van der Waals surface area contributed by atoms with Gasteiger partial charge < -0.3 is 0 Å². The number of nitrogens with one attached hydrogen (secondary N) is 1. The maximum absolute atomic E-state index is 13.2. The molecule has 1 heterocycles. The van der Waals surface area contributed by atoms with Crippen LogP contribution >= 0.6 is 0 Å². The fraction of sp³-hybridized carbons (Fsp3) is 0.400. The summed E-state index contributed by atoms with van der Waals surface area (Å²) < 4.78 is 26.4. The van der Waals surface area contributed by atoms with Crippen LogP contribution in [0.25, 0.3) is 0 Å². The topological polar surface area (TPSA) is 12.0 Å². The molecule has 0 radical (unpaired) electrons. The number of fused-ring (bicyclic) bond motifs is 1. The van der Waals surface area contributed by atoms with E-state index < -0.39 is 6.05 Å². The molecule has 0 atom stereocenters. The molecular formula is C10H11F2N. The maximum Gasteiger partial charge on any atom is 0.329 e. The van der Waals surface area contributed by atoms with Crippen molar-refractivity contribution >= 4 is 0 Å². The first-order valence-electron chi connectivity index (χ1n) is 4.32. The van der Waals surface area contributed by atoms with Crippen molar-refractivity contribution in [2.75, 3.05) is 6.54 Å². The molecular weight excluding hydrogens is 172 g/mol. The van der Waals surface area contributed by atoms with Gasteiger partial charge in [0.25, 0.3) is 0 Å². The highest BCUT2D eigenvalue weighted by molar-refractivity contribution is 5.36. The van der Waals surface area contributed by atoms with Gasteiger partial charge in [0.05, 0.1) is 0 Å². The summed E-state index contributed by atoms with van der Waals surface area (Å²) in [6, 6.07) is 2.22. The molecule has 2 rings (SSSR count). The number of benzene rings is 1. The molecule has 1 N–H and O–H groups in total. The van der Waals surface area contributed by atoms with E-state index in [1.165, 1.54) is 6.07 Å². The summed E-state index contributed by atoms with van der Waals surface area (Å²) in [4.78, 5) is 0. The second-order valence-corrected chi connectivity index (χ2v) is 3.41. The van der Waals surface area contributed by atoms with Crippen LogP contribution in [0.3, 0.4) is 0 Å². The summed E-state index contributed by atoms with van der Waals surface area (Å²) in [5, 5.41) is 2.20. The third-order valence-electron chi connectivity index (χ3n) is 2.34. The molecule has 1 aliphatic heterocycles. The van der Waals surface area contributed by atoms with Crippen molar-refractivity contribution in [1.29, 1.82) is 0 Å². The zero-order chi connectivity index (χ0) is 9.47. The average Bonchev–Trinajstić information content (AvgIpc) is 2.02. The van der Waals surface area contributed by atoms with Gasteiger partial charge in [0.2, 0.25) is 0 Å². The van der Waals surface area contributed by atoms with Gasteiger partial charge in [-0.2, -0.15) is 8.78 Å². The molecule has 0 amide bonds. The highest BCUT2D eigenvalue weighted by Crippen LogP contribution is 2.31. The van der Waals surface area contributed by atoms with E-state index >= 15 is 0 Å². The fourth-order valence-corrected chi connectivity index (χ4v) is 1.69. The Kier molecular flexibility index (Phi) is 1.84. The van der Waals surface area contributed by atoms with Crippen LogP contribution in [0.2, 0.25) is 0 Å². The first-order chi connectivity index (χ1) is 6.09. The number of hydrogen-bond donors (Lipinski definition) is 1. The molecule has 1 aromatic rings. The van der Waals surface area contributed by atoms with Crippen molar-refractivity contribution in [2.24, 2.45) is 0 Å². The Labute approximate surface area is 75.8 Å². The van der Waals surface area contributed by atoms with Gasteiger partial charge in [0.15, 0.2) is 0 Å². The minimum absolute atomic E-state index is 0.129. The Morgan fingerprint density at radius 3 is 2.92 bits per heavy atom. The number of aryl methyl sites for hydroxylation is 1. The summed E-state index contributed by atoms with van der Waals surface area (Å²) in [6.45, 7) is 2.27. The van der Waals surface area contributed by atoms with Crippen LogP contribution in [0.4, 0.5) is 8.78 Å². The lowest BCUT2D eigenvalue weighted by Gasteiger charge is -2.26. The third-order valence-corrected chi connectivity index (χ3v) is 2.34. The highest BCUT2D eigenvalue weighted by atomic mass is 19.3. The Morgan fingerprint density at radius 2 is 2.15 bits per heavy atom. The summed E-state index contributed by atoms with van der Waals surface area (Å²) in [5.74, 6) is 0. The quantitative estimate of drug-likeness (QED) is 0.608. The summed E-state index contributed by atoms with van der Waals surface area (Å²) in [7, 11) is 0. The van der Waals surface area contributed by atoms with Crippen molar-refractivity contribution in [2.45, 2.75) is 19.4 Å². The van der Waals surface area contributed by atoms with Crippen LogP contribution in [0.5, 0.6) is 0 Å². The first kappa shape index (κ1) is 8.63. The van der Waals surface area contributed by atoms with Crippen molar-refractivity contribution in [1.82, 2.24) is 5.32 Å². The monoisotopic (exact) mass is 183 g/mol. The minimum Gasteiger partial charge on any atom is -0.254 e. The second-order valence-electron chi connectivity index (χ2n) is 3.41. The second kappa shape index (κ2) is 2.77.